The van der Waals surface area contributed by atoms with Crippen molar-refractivity contribution >= 4 is 11.7 Å². The summed E-state index contributed by atoms with van der Waals surface area (Å²) in [5.74, 6) is 0.565. The number of nitrogens with one attached hydrogen (secondary N) is 1. The second-order valence-corrected chi connectivity index (χ2v) is 4.55. The van der Waals surface area contributed by atoms with Gasteiger partial charge in [-0.05, 0) is 30.9 Å². The van der Waals surface area contributed by atoms with Crippen molar-refractivity contribution < 1.29 is 14.3 Å². The lowest BCUT2D eigenvalue weighted by Gasteiger charge is -2.37. The fourth-order valence-electron chi connectivity index (χ4n) is 2.50. The summed E-state index contributed by atoms with van der Waals surface area (Å²) in [6.45, 7) is 1.99. The number of ether oxygens (including phenoxy) is 2. The van der Waals surface area contributed by atoms with Crippen molar-refractivity contribution in [1.29, 1.82) is 0 Å². The maximum Gasteiger partial charge on any atom is 0.331 e. The first-order chi connectivity index (χ1) is 8.66. The fraction of sp³-hybridized carbons (Fsp3) is 0.500. The number of aryl methyl sites for hydroxylation is 1. The molecule has 0 bridgehead atoms. The minimum absolute atomic E-state index is 0.207. The van der Waals surface area contributed by atoms with Gasteiger partial charge in [0.05, 0.1) is 19.9 Å². The Hall–Kier alpha value is -1.71. The first-order valence-corrected chi connectivity index (χ1v) is 6.19. The number of methoxy groups -OCH3 is 2. The molecule has 1 aromatic rings. The normalized spacial score (nSPS) is 21.7. The molecule has 1 aliphatic rings. The number of esters is 1. The molecule has 4 heteroatoms. The number of carbonyl (C=O) groups excluding carboxylic acids is 1. The smallest absolute Gasteiger partial charge is 0.331 e. The van der Waals surface area contributed by atoms with Crippen molar-refractivity contribution in [1.82, 2.24) is 0 Å². The summed E-state index contributed by atoms with van der Waals surface area (Å²) >= 11 is 0. The zero-order valence-corrected chi connectivity index (χ0v) is 11.1. The molecule has 1 aliphatic heterocycles. The van der Waals surface area contributed by atoms with E-state index in [1.165, 1.54) is 12.7 Å². The molecule has 0 saturated heterocycles. The van der Waals surface area contributed by atoms with Gasteiger partial charge >= 0.3 is 5.97 Å². The standard InChI is InChI=1S/C14H19NO3/c1-4-14(13(16)18-3)9-8-10-6-5-7-11(17-2)12(10)15-14/h5-7,15H,4,8-9H2,1-3H3. The monoisotopic (exact) mass is 249 g/mol. The van der Waals surface area contributed by atoms with Crippen LogP contribution in [0, 0.1) is 0 Å². The molecule has 18 heavy (non-hydrogen) atoms. The van der Waals surface area contributed by atoms with Gasteiger partial charge in [-0.2, -0.15) is 0 Å². The molecule has 0 fully saturated rings. The van der Waals surface area contributed by atoms with Crippen molar-refractivity contribution in [2.24, 2.45) is 0 Å². The Morgan fingerprint density at radius 3 is 2.83 bits per heavy atom. The Morgan fingerprint density at radius 1 is 1.44 bits per heavy atom. The largest absolute Gasteiger partial charge is 0.495 e. The second-order valence-electron chi connectivity index (χ2n) is 4.55. The predicted molar refractivity (Wildman–Crippen MR) is 70.0 cm³/mol. The Balaban J connectivity index is 2.41. The van der Waals surface area contributed by atoms with Gasteiger partial charge in [-0.1, -0.05) is 19.1 Å². The van der Waals surface area contributed by atoms with E-state index in [1.54, 1.807) is 7.11 Å². The highest BCUT2D eigenvalue weighted by Gasteiger charge is 2.41. The van der Waals surface area contributed by atoms with Gasteiger partial charge in [0.2, 0.25) is 0 Å². The third kappa shape index (κ3) is 1.92. The van der Waals surface area contributed by atoms with Crippen molar-refractivity contribution in [2.45, 2.75) is 31.7 Å². The van der Waals surface area contributed by atoms with E-state index in [1.807, 2.05) is 19.1 Å². The van der Waals surface area contributed by atoms with Gasteiger partial charge in [-0.15, -0.1) is 0 Å². The summed E-state index contributed by atoms with van der Waals surface area (Å²) in [5.41, 5.74) is 1.47. The van der Waals surface area contributed by atoms with Crippen LogP contribution in [0.2, 0.25) is 0 Å². The van der Waals surface area contributed by atoms with Gasteiger partial charge in [-0.25, -0.2) is 4.79 Å². The highest BCUT2D eigenvalue weighted by molar-refractivity contribution is 5.86. The van der Waals surface area contributed by atoms with Crippen LogP contribution in [0.15, 0.2) is 18.2 Å². The van der Waals surface area contributed by atoms with Crippen LogP contribution >= 0.6 is 0 Å². The first-order valence-electron chi connectivity index (χ1n) is 6.19. The lowest BCUT2D eigenvalue weighted by atomic mass is 9.84. The molecule has 0 radical (unpaired) electrons. The molecule has 0 aliphatic carbocycles. The Labute approximate surface area is 107 Å². The van der Waals surface area contributed by atoms with Crippen molar-refractivity contribution in [3.63, 3.8) is 0 Å². The summed E-state index contributed by atoms with van der Waals surface area (Å²) in [4.78, 5) is 12.0. The maximum absolute atomic E-state index is 12.0. The zero-order valence-electron chi connectivity index (χ0n) is 11.1. The number of rotatable bonds is 3. The van der Waals surface area contributed by atoms with Crippen LogP contribution in [0.1, 0.15) is 25.3 Å². The van der Waals surface area contributed by atoms with Gasteiger partial charge in [0, 0.05) is 0 Å². The van der Waals surface area contributed by atoms with Crippen LogP contribution in [-0.2, 0) is 16.0 Å². The molecule has 0 spiro atoms. The SMILES string of the molecule is CCC1(C(=O)OC)CCc2cccc(OC)c2N1. The third-order valence-electron chi connectivity index (χ3n) is 3.70. The van der Waals surface area contributed by atoms with Crippen LogP contribution in [0.25, 0.3) is 0 Å². The number of benzene rings is 1. The topological polar surface area (TPSA) is 47.6 Å². The number of para-hydroxylation sites is 1. The van der Waals surface area contributed by atoms with Crippen LogP contribution in [0.5, 0.6) is 5.75 Å². The minimum Gasteiger partial charge on any atom is -0.495 e. The molecule has 1 heterocycles. The summed E-state index contributed by atoms with van der Waals surface area (Å²) in [7, 11) is 3.07. The van der Waals surface area contributed by atoms with E-state index in [0.717, 1.165) is 24.3 Å². The molecule has 1 unspecified atom stereocenters. The number of hydrogen-bond donors (Lipinski definition) is 1. The third-order valence-corrected chi connectivity index (χ3v) is 3.70. The summed E-state index contributed by atoms with van der Waals surface area (Å²) in [6, 6.07) is 5.92. The molecule has 0 aromatic heterocycles. The average Bonchev–Trinajstić information content (AvgIpc) is 2.45. The van der Waals surface area contributed by atoms with E-state index in [-0.39, 0.29) is 5.97 Å². The van der Waals surface area contributed by atoms with Crippen molar-refractivity contribution in [2.75, 3.05) is 19.5 Å². The van der Waals surface area contributed by atoms with Gasteiger partial charge < -0.3 is 14.8 Å². The zero-order chi connectivity index (χ0) is 13.2. The molecular weight excluding hydrogens is 230 g/mol. The highest BCUT2D eigenvalue weighted by Crippen LogP contribution is 2.39. The minimum atomic E-state index is -0.629. The molecule has 0 amide bonds. The van der Waals surface area contributed by atoms with E-state index >= 15 is 0 Å². The quantitative estimate of drug-likeness (QED) is 0.835. The Kier molecular flexibility index (Phi) is 3.45. The predicted octanol–water partition coefficient (Wildman–Crippen LogP) is 2.38. The fourth-order valence-corrected chi connectivity index (χ4v) is 2.50. The number of fused-ring (bicyclic) bond motifs is 1. The highest BCUT2D eigenvalue weighted by atomic mass is 16.5. The number of carbonyl (C=O) groups is 1. The second kappa shape index (κ2) is 4.88. The molecule has 1 aromatic carbocycles. The molecule has 1 atom stereocenters. The van der Waals surface area contributed by atoms with Crippen molar-refractivity contribution in [3.05, 3.63) is 23.8 Å². The molecule has 98 valence electrons. The van der Waals surface area contributed by atoms with Crippen LogP contribution < -0.4 is 10.1 Å². The molecule has 4 nitrogen and oxygen atoms in total. The van der Waals surface area contributed by atoms with Crippen LogP contribution in [0.3, 0.4) is 0 Å². The lowest BCUT2D eigenvalue weighted by molar-refractivity contribution is -0.146. The number of anilines is 1. The molecular formula is C14H19NO3. The summed E-state index contributed by atoms with van der Waals surface area (Å²) in [6.07, 6.45) is 2.29. The number of hydrogen-bond acceptors (Lipinski definition) is 4. The van der Waals surface area contributed by atoms with Gasteiger partial charge in [0.25, 0.3) is 0 Å². The van der Waals surface area contributed by atoms with Crippen LogP contribution in [-0.4, -0.2) is 25.7 Å². The van der Waals surface area contributed by atoms with Gasteiger partial charge in [0.15, 0.2) is 0 Å². The van der Waals surface area contributed by atoms with E-state index in [9.17, 15) is 4.79 Å². The first kappa shape index (κ1) is 12.7. The van der Waals surface area contributed by atoms with E-state index < -0.39 is 5.54 Å². The van der Waals surface area contributed by atoms with E-state index in [0.29, 0.717) is 6.42 Å². The maximum atomic E-state index is 12.0. The lowest BCUT2D eigenvalue weighted by Crippen LogP contribution is -2.49. The van der Waals surface area contributed by atoms with Crippen LogP contribution in [0.4, 0.5) is 5.69 Å². The molecule has 2 rings (SSSR count). The summed E-state index contributed by atoms with van der Waals surface area (Å²) < 4.78 is 10.3. The van der Waals surface area contributed by atoms with Gasteiger partial charge in [-0.3, -0.25) is 0 Å². The van der Waals surface area contributed by atoms with Gasteiger partial charge in [0.1, 0.15) is 11.3 Å². The average molecular weight is 249 g/mol. The summed E-state index contributed by atoms with van der Waals surface area (Å²) in [5, 5.41) is 3.33. The Bertz CT molecular complexity index is 444. The van der Waals surface area contributed by atoms with Crippen molar-refractivity contribution in [3.8, 4) is 5.75 Å². The molecule has 0 saturated carbocycles. The van der Waals surface area contributed by atoms with E-state index in [4.69, 9.17) is 9.47 Å². The molecule has 1 N–H and O–H groups in total. The Morgan fingerprint density at radius 2 is 2.22 bits per heavy atom. The van der Waals surface area contributed by atoms with E-state index in [2.05, 4.69) is 11.4 Å².